The normalized spacial score (nSPS) is 10.9. The number of hydrogen-bond donors (Lipinski definition) is 1. The number of benzene rings is 1. The van der Waals surface area contributed by atoms with Gasteiger partial charge in [0.1, 0.15) is 0 Å². The molecule has 1 N–H and O–H groups in total. The van der Waals surface area contributed by atoms with Gasteiger partial charge >= 0.3 is 5.97 Å². The summed E-state index contributed by atoms with van der Waals surface area (Å²) in [5.41, 5.74) is 0.455. The van der Waals surface area contributed by atoms with Crippen molar-refractivity contribution in [3.63, 3.8) is 0 Å². The third-order valence-corrected chi connectivity index (χ3v) is 4.41. The topological polar surface area (TPSA) is 95.2 Å². The highest BCUT2D eigenvalue weighted by molar-refractivity contribution is 7.91. The molecule has 0 heterocycles. The van der Waals surface area contributed by atoms with E-state index in [1.807, 2.05) is 6.07 Å². The number of sulfone groups is 1. The molecule has 0 saturated carbocycles. The first-order valence-corrected chi connectivity index (χ1v) is 6.97. The number of carbonyl (C=O) groups is 1. The van der Waals surface area contributed by atoms with Crippen molar-refractivity contribution in [2.45, 2.75) is 24.7 Å². The largest absolute Gasteiger partial charge is 0.478 e. The molecule has 0 aromatic heterocycles. The monoisotopic (exact) mass is 267 g/mol. The first-order chi connectivity index (χ1) is 8.38. The zero-order chi connectivity index (χ0) is 13.8. The maximum Gasteiger partial charge on any atom is 0.335 e. The highest BCUT2D eigenvalue weighted by atomic mass is 32.2. The number of carboxylic acid groups (broad SMARTS) is 1. The summed E-state index contributed by atoms with van der Waals surface area (Å²) in [5.74, 6) is -1.31. The Morgan fingerprint density at radius 2 is 2.11 bits per heavy atom. The Balaban J connectivity index is 3.12. The number of aryl methyl sites for hydroxylation is 1. The van der Waals surface area contributed by atoms with Gasteiger partial charge in [-0.05, 0) is 31.0 Å². The third kappa shape index (κ3) is 3.31. The summed E-state index contributed by atoms with van der Waals surface area (Å²) in [6.07, 6.45) is 0.409. The Hall–Kier alpha value is -1.87. The van der Waals surface area contributed by atoms with Gasteiger partial charge < -0.3 is 5.11 Å². The van der Waals surface area contributed by atoms with Crippen molar-refractivity contribution in [1.29, 1.82) is 5.26 Å². The molecule has 18 heavy (non-hydrogen) atoms. The minimum atomic E-state index is -3.53. The van der Waals surface area contributed by atoms with Gasteiger partial charge in [0.15, 0.2) is 9.84 Å². The van der Waals surface area contributed by atoms with Gasteiger partial charge in [-0.2, -0.15) is 5.26 Å². The van der Waals surface area contributed by atoms with E-state index in [2.05, 4.69) is 0 Å². The summed E-state index contributed by atoms with van der Waals surface area (Å²) in [5, 5.41) is 17.2. The van der Waals surface area contributed by atoms with Crippen LogP contribution >= 0.6 is 0 Å². The molecule has 0 saturated heterocycles. The number of unbranched alkanes of at least 4 members (excludes halogenated alkanes) is 1. The minimum Gasteiger partial charge on any atom is -0.478 e. The molecule has 5 nitrogen and oxygen atoms in total. The predicted octanol–water partition coefficient (Wildman–Crippen LogP) is 1.77. The fourth-order valence-electron chi connectivity index (χ4n) is 1.52. The molecule has 0 aliphatic rings. The molecule has 0 atom stereocenters. The lowest BCUT2D eigenvalue weighted by atomic mass is 10.1. The standard InChI is InChI=1S/C12H13NO4S/c1-9-4-5-10(12(14)15)8-11(9)18(16,17)7-3-2-6-13/h4-5,8H,2-3,7H2,1H3,(H,14,15). The van der Waals surface area contributed by atoms with E-state index in [1.54, 1.807) is 6.92 Å². The second kappa shape index (κ2) is 5.65. The van der Waals surface area contributed by atoms with Gasteiger partial charge in [-0.15, -0.1) is 0 Å². The maximum atomic E-state index is 12.0. The Morgan fingerprint density at radius 1 is 1.44 bits per heavy atom. The smallest absolute Gasteiger partial charge is 0.335 e. The van der Waals surface area contributed by atoms with Crippen LogP contribution in [0.4, 0.5) is 0 Å². The second-order valence-corrected chi connectivity index (χ2v) is 5.94. The van der Waals surface area contributed by atoms with E-state index in [0.29, 0.717) is 5.56 Å². The quantitative estimate of drug-likeness (QED) is 0.820. The number of nitriles is 1. The second-order valence-electron chi connectivity index (χ2n) is 3.87. The lowest BCUT2D eigenvalue weighted by molar-refractivity contribution is 0.0696. The number of nitrogens with zero attached hydrogens (tertiary/aromatic N) is 1. The van der Waals surface area contributed by atoms with Crippen LogP contribution in [0, 0.1) is 18.3 Å². The molecule has 0 fully saturated rings. The number of carboxylic acids is 1. The zero-order valence-electron chi connectivity index (χ0n) is 9.88. The van der Waals surface area contributed by atoms with Gasteiger partial charge in [0.25, 0.3) is 0 Å². The Labute approximate surface area is 106 Å². The average Bonchev–Trinajstić information content (AvgIpc) is 2.29. The van der Waals surface area contributed by atoms with E-state index < -0.39 is 15.8 Å². The van der Waals surface area contributed by atoms with Crippen LogP contribution in [0.3, 0.4) is 0 Å². The molecule has 0 radical (unpaired) electrons. The molecular weight excluding hydrogens is 254 g/mol. The average molecular weight is 267 g/mol. The van der Waals surface area contributed by atoms with E-state index in [0.717, 1.165) is 0 Å². The first-order valence-electron chi connectivity index (χ1n) is 5.32. The summed E-state index contributed by atoms with van der Waals surface area (Å²) < 4.78 is 24.0. The zero-order valence-corrected chi connectivity index (χ0v) is 10.7. The van der Waals surface area contributed by atoms with Crippen molar-refractivity contribution >= 4 is 15.8 Å². The van der Waals surface area contributed by atoms with Crippen LogP contribution in [-0.4, -0.2) is 25.2 Å². The van der Waals surface area contributed by atoms with Crippen molar-refractivity contribution in [2.24, 2.45) is 0 Å². The highest BCUT2D eigenvalue weighted by Crippen LogP contribution is 2.19. The summed E-state index contributed by atoms with van der Waals surface area (Å²) in [4.78, 5) is 10.8. The van der Waals surface area contributed by atoms with Crippen molar-refractivity contribution in [1.82, 2.24) is 0 Å². The molecular formula is C12H13NO4S. The molecule has 96 valence electrons. The molecule has 6 heteroatoms. The van der Waals surface area contributed by atoms with Crippen molar-refractivity contribution in [3.05, 3.63) is 29.3 Å². The van der Waals surface area contributed by atoms with Gasteiger partial charge in [-0.3, -0.25) is 0 Å². The van der Waals surface area contributed by atoms with Crippen LogP contribution in [0.25, 0.3) is 0 Å². The van der Waals surface area contributed by atoms with E-state index in [4.69, 9.17) is 10.4 Å². The van der Waals surface area contributed by atoms with E-state index in [9.17, 15) is 13.2 Å². The van der Waals surface area contributed by atoms with E-state index >= 15 is 0 Å². The van der Waals surface area contributed by atoms with Crippen molar-refractivity contribution in [3.8, 4) is 6.07 Å². The van der Waals surface area contributed by atoms with Gasteiger partial charge in [0.05, 0.1) is 22.3 Å². The van der Waals surface area contributed by atoms with Gasteiger partial charge in [0.2, 0.25) is 0 Å². The Morgan fingerprint density at radius 3 is 2.67 bits per heavy atom. The molecule has 0 aliphatic heterocycles. The number of hydrogen-bond acceptors (Lipinski definition) is 4. The Kier molecular flexibility index (Phi) is 4.45. The summed E-state index contributed by atoms with van der Waals surface area (Å²) >= 11 is 0. The molecule has 1 rings (SSSR count). The van der Waals surface area contributed by atoms with Crippen LogP contribution in [0.15, 0.2) is 23.1 Å². The first kappa shape index (κ1) is 14.2. The molecule has 0 amide bonds. The third-order valence-electron chi connectivity index (χ3n) is 2.47. The SMILES string of the molecule is Cc1ccc(C(=O)O)cc1S(=O)(=O)CCCC#N. The molecule has 0 bridgehead atoms. The number of rotatable bonds is 5. The molecule has 1 aromatic carbocycles. The minimum absolute atomic E-state index is 0.0281. The van der Waals surface area contributed by atoms with Crippen LogP contribution in [0.1, 0.15) is 28.8 Å². The highest BCUT2D eigenvalue weighted by Gasteiger charge is 2.18. The van der Waals surface area contributed by atoms with Crippen molar-refractivity contribution in [2.75, 3.05) is 5.75 Å². The summed E-state index contributed by atoms with van der Waals surface area (Å²) in [6, 6.07) is 5.88. The molecule has 1 aromatic rings. The maximum absolute atomic E-state index is 12.0. The van der Waals surface area contributed by atoms with Gasteiger partial charge in [0, 0.05) is 6.42 Å². The molecule has 0 aliphatic carbocycles. The lowest BCUT2D eigenvalue weighted by Crippen LogP contribution is -2.10. The van der Waals surface area contributed by atoms with Crippen LogP contribution in [-0.2, 0) is 9.84 Å². The fourth-order valence-corrected chi connectivity index (χ4v) is 3.13. The Bertz CT molecular complexity index is 599. The van der Waals surface area contributed by atoms with Crippen LogP contribution in [0.5, 0.6) is 0 Å². The summed E-state index contributed by atoms with van der Waals surface area (Å²) in [6.45, 7) is 1.61. The molecule has 0 spiro atoms. The van der Waals surface area contributed by atoms with Gasteiger partial charge in [-0.25, -0.2) is 13.2 Å². The van der Waals surface area contributed by atoms with Crippen LogP contribution in [0.2, 0.25) is 0 Å². The predicted molar refractivity (Wildman–Crippen MR) is 65.0 cm³/mol. The fraction of sp³-hybridized carbons (Fsp3) is 0.333. The van der Waals surface area contributed by atoms with E-state index in [-0.39, 0.29) is 29.1 Å². The van der Waals surface area contributed by atoms with Crippen molar-refractivity contribution < 1.29 is 18.3 Å². The number of aromatic carboxylic acids is 1. The van der Waals surface area contributed by atoms with Crippen LogP contribution < -0.4 is 0 Å². The molecule has 0 unspecified atom stereocenters. The van der Waals surface area contributed by atoms with E-state index in [1.165, 1.54) is 18.2 Å². The summed E-state index contributed by atoms with van der Waals surface area (Å²) in [7, 11) is -3.53. The van der Waals surface area contributed by atoms with Gasteiger partial charge in [-0.1, -0.05) is 6.07 Å². The lowest BCUT2D eigenvalue weighted by Gasteiger charge is -2.07.